The summed E-state index contributed by atoms with van der Waals surface area (Å²) in [4.78, 5) is 23.5. The number of esters is 2. The van der Waals surface area contributed by atoms with Crippen molar-refractivity contribution >= 4 is 11.9 Å². The van der Waals surface area contributed by atoms with Gasteiger partial charge in [-0.15, -0.1) is 6.58 Å². The van der Waals surface area contributed by atoms with Gasteiger partial charge in [-0.2, -0.15) is 0 Å². The average Bonchev–Trinajstić information content (AvgIpc) is 2.51. The molecule has 0 aliphatic heterocycles. The predicted octanol–water partition coefficient (Wildman–Crippen LogP) is 2.81. The van der Waals surface area contributed by atoms with E-state index in [2.05, 4.69) is 22.1 Å². The predicted molar refractivity (Wildman–Crippen MR) is 76.9 cm³/mol. The Morgan fingerprint density at radius 2 is 1.90 bits per heavy atom. The molecule has 0 amide bonds. The van der Waals surface area contributed by atoms with Crippen LogP contribution in [0.4, 0.5) is 0 Å². The quantitative estimate of drug-likeness (QED) is 0.426. The van der Waals surface area contributed by atoms with E-state index >= 15 is 0 Å². The second kappa shape index (κ2) is 8.35. The molecule has 0 heterocycles. The van der Waals surface area contributed by atoms with Crippen LogP contribution in [0, 0.1) is 11.8 Å². The third kappa shape index (κ3) is 4.37. The van der Waals surface area contributed by atoms with Gasteiger partial charge in [0.15, 0.2) is 5.92 Å². The Morgan fingerprint density at radius 3 is 2.35 bits per heavy atom. The standard InChI is InChI=1S/C16H22O4/c1-4-13(11-10-12-8-6-5-7-9-12)14(15(17)19-2)16(18)20-3/h4,8,10-11,13-14H,1,5-7,9H2,2-3H3/b11-10+/t13-/m0/s1. The molecule has 0 aromatic rings. The van der Waals surface area contributed by atoms with Crippen LogP contribution in [-0.2, 0) is 19.1 Å². The highest BCUT2D eigenvalue weighted by molar-refractivity contribution is 5.95. The van der Waals surface area contributed by atoms with E-state index in [1.807, 2.05) is 12.2 Å². The van der Waals surface area contributed by atoms with E-state index in [1.165, 1.54) is 32.6 Å². The first-order valence-corrected chi connectivity index (χ1v) is 6.79. The lowest BCUT2D eigenvalue weighted by atomic mass is 9.90. The normalized spacial score (nSPS) is 16.6. The van der Waals surface area contributed by atoms with Crippen LogP contribution in [0.1, 0.15) is 25.7 Å². The van der Waals surface area contributed by atoms with Crippen molar-refractivity contribution in [1.29, 1.82) is 0 Å². The summed E-state index contributed by atoms with van der Waals surface area (Å²) in [5.41, 5.74) is 1.23. The first-order valence-electron chi connectivity index (χ1n) is 6.79. The number of ether oxygens (including phenoxy) is 2. The van der Waals surface area contributed by atoms with E-state index in [9.17, 15) is 9.59 Å². The van der Waals surface area contributed by atoms with Crippen molar-refractivity contribution in [3.05, 3.63) is 36.5 Å². The molecule has 0 spiro atoms. The minimum Gasteiger partial charge on any atom is -0.468 e. The number of hydrogen-bond donors (Lipinski definition) is 0. The Kier molecular flexibility index (Phi) is 6.77. The maximum absolute atomic E-state index is 11.7. The number of methoxy groups -OCH3 is 2. The highest BCUT2D eigenvalue weighted by Gasteiger charge is 2.33. The monoisotopic (exact) mass is 278 g/mol. The van der Waals surface area contributed by atoms with Gasteiger partial charge < -0.3 is 9.47 Å². The molecule has 0 saturated carbocycles. The zero-order valence-corrected chi connectivity index (χ0v) is 12.1. The van der Waals surface area contributed by atoms with Gasteiger partial charge in [-0.25, -0.2) is 0 Å². The van der Waals surface area contributed by atoms with E-state index in [1.54, 1.807) is 6.08 Å². The van der Waals surface area contributed by atoms with Crippen molar-refractivity contribution in [3.63, 3.8) is 0 Å². The molecule has 0 aromatic carbocycles. The molecule has 110 valence electrons. The van der Waals surface area contributed by atoms with Gasteiger partial charge in [-0.3, -0.25) is 9.59 Å². The van der Waals surface area contributed by atoms with Gasteiger partial charge in [0.05, 0.1) is 14.2 Å². The molecule has 20 heavy (non-hydrogen) atoms. The number of rotatable bonds is 6. The van der Waals surface area contributed by atoms with E-state index in [0.717, 1.165) is 12.8 Å². The van der Waals surface area contributed by atoms with Crippen molar-refractivity contribution in [2.75, 3.05) is 14.2 Å². The SMILES string of the molecule is C=C[C@@H](/C=C/C1=CCCCC1)C(C(=O)OC)C(=O)OC. The van der Waals surface area contributed by atoms with Crippen LogP contribution in [-0.4, -0.2) is 26.2 Å². The molecule has 4 heteroatoms. The van der Waals surface area contributed by atoms with E-state index < -0.39 is 23.8 Å². The second-order valence-electron chi connectivity index (χ2n) is 4.72. The van der Waals surface area contributed by atoms with Crippen molar-refractivity contribution in [2.24, 2.45) is 11.8 Å². The highest BCUT2D eigenvalue weighted by Crippen LogP contribution is 2.22. The summed E-state index contributed by atoms with van der Waals surface area (Å²) in [6.45, 7) is 3.69. The van der Waals surface area contributed by atoms with Crippen molar-refractivity contribution < 1.29 is 19.1 Å². The third-order valence-electron chi connectivity index (χ3n) is 3.43. The molecule has 1 aliphatic carbocycles. The third-order valence-corrected chi connectivity index (χ3v) is 3.43. The number of carbonyl (C=O) groups is 2. The lowest BCUT2D eigenvalue weighted by molar-refractivity contribution is -0.159. The summed E-state index contributed by atoms with van der Waals surface area (Å²) in [5.74, 6) is -2.64. The van der Waals surface area contributed by atoms with Gasteiger partial charge in [0.2, 0.25) is 0 Å². The molecule has 1 aliphatic rings. The molecule has 0 unspecified atom stereocenters. The minimum absolute atomic E-state index is 0.433. The van der Waals surface area contributed by atoms with Gasteiger partial charge in [0, 0.05) is 5.92 Å². The van der Waals surface area contributed by atoms with Crippen molar-refractivity contribution in [1.82, 2.24) is 0 Å². The zero-order valence-electron chi connectivity index (χ0n) is 12.1. The van der Waals surface area contributed by atoms with E-state index in [4.69, 9.17) is 0 Å². The van der Waals surface area contributed by atoms with E-state index in [-0.39, 0.29) is 0 Å². The van der Waals surface area contributed by atoms with Crippen LogP contribution < -0.4 is 0 Å². The van der Waals surface area contributed by atoms with Crippen LogP contribution in [0.3, 0.4) is 0 Å². The summed E-state index contributed by atoms with van der Waals surface area (Å²) in [6, 6.07) is 0. The molecule has 0 bridgehead atoms. The smallest absolute Gasteiger partial charge is 0.320 e. The van der Waals surface area contributed by atoms with Crippen LogP contribution in [0.25, 0.3) is 0 Å². The Labute approximate surface area is 120 Å². The largest absolute Gasteiger partial charge is 0.468 e. The van der Waals surface area contributed by atoms with Gasteiger partial charge in [0.1, 0.15) is 0 Å². The molecule has 1 rings (SSSR count). The van der Waals surface area contributed by atoms with Crippen LogP contribution in [0.5, 0.6) is 0 Å². The molecule has 0 radical (unpaired) electrons. The van der Waals surface area contributed by atoms with Crippen LogP contribution in [0.15, 0.2) is 36.5 Å². The van der Waals surface area contributed by atoms with Crippen LogP contribution >= 0.6 is 0 Å². The number of carbonyl (C=O) groups excluding carboxylic acids is 2. The number of allylic oxidation sites excluding steroid dienone is 5. The van der Waals surface area contributed by atoms with Gasteiger partial charge >= 0.3 is 11.9 Å². The van der Waals surface area contributed by atoms with Gasteiger partial charge in [0.25, 0.3) is 0 Å². The zero-order chi connectivity index (χ0) is 15.0. The Morgan fingerprint density at radius 1 is 1.25 bits per heavy atom. The fourth-order valence-corrected chi connectivity index (χ4v) is 2.24. The summed E-state index contributed by atoms with van der Waals surface area (Å²) in [5, 5.41) is 0. The first-order chi connectivity index (χ1) is 9.63. The molecule has 0 saturated heterocycles. The lowest BCUT2D eigenvalue weighted by Crippen LogP contribution is -2.31. The van der Waals surface area contributed by atoms with E-state index in [0.29, 0.717) is 0 Å². The summed E-state index contributed by atoms with van der Waals surface area (Å²) >= 11 is 0. The summed E-state index contributed by atoms with van der Waals surface area (Å²) in [6.07, 6.45) is 12.0. The average molecular weight is 278 g/mol. The molecule has 0 N–H and O–H groups in total. The molecule has 0 fully saturated rings. The fraction of sp³-hybridized carbons (Fsp3) is 0.500. The minimum atomic E-state index is -0.997. The lowest BCUT2D eigenvalue weighted by Gasteiger charge is -2.17. The Balaban J connectivity index is 2.87. The molecule has 1 atom stereocenters. The fourth-order valence-electron chi connectivity index (χ4n) is 2.24. The molecule has 0 aromatic heterocycles. The molecular weight excluding hydrogens is 256 g/mol. The Hall–Kier alpha value is -1.84. The van der Waals surface area contributed by atoms with Crippen LogP contribution in [0.2, 0.25) is 0 Å². The maximum Gasteiger partial charge on any atom is 0.320 e. The van der Waals surface area contributed by atoms with Crippen molar-refractivity contribution in [2.45, 2.75) is 25.7 Å². The summed E-state index contributed by atoms with van der Waals surface area (Å²) < 4.78 is 9.35. The Bertz CT molecular complexity index is 404. The molecular formula is C16H22O4. The summed E-state index contributed by atoms with van der Waals surface area (Å²) in [7, 11) is 2.51. The first kappa shape index (κ1) is 16.2. The number of hydrogen-bond acceptors (Lipinski definition) is 4. The van der Waals surface area contributed by atoms with Crippen molar-refractivity contribution in [3.8, 4) is 0 Å². The van der Waals surface area contributed by atoms with Gasteiger partial charge in [-0.1, -0.05) is 29.9 Å². The maximum atomic E-state index is 11.7. The topological polar surface area (TPSA) is 52.6 Å². The van der Waals surface area contributed by atoms with Gasteiger partial charge in [-0.05, 0) is 25.7 Å². The second-order valence-corrected chi connectivity index (χ2v) is 4.72. The highest BCUT2D eigenvalue weighted by atomic mass is 16.5. The molecule has 4 nitrogen and oxygen atoms in total.